The molecule has 0 atom stereocenters. The van der Waals surface area contributed by atoms with E-state index in [4.69, 9.17) is 5.11 Å². The number of aromatic carboxylic acids is 1. The van der Waals surface area contributed by atoms with E-state index in [1.807, 2.05) is 13.8 Å². The fourth-order valence-electron chi connectivity index (χ4n) is 1.24. The van der Waals surface area contributed by atoms with Gasteiger partial charge in [-0.25, -0.2) is 9.59 Å². The first kappa shape index (κ1) is 14.5. The van der Waals surface area contributed by atoms with E-state index >= 15 is 0 Å². The summed E-state index contributed by atoms with van der Waals surface area (Å²) in [7, 11) is 1.65. The van der Waals surface area contributed by atoms with Crippen molar-refractivity contribution < 1.29 is 14.7 Å². The second-order valence-electron chi connectivity index (χ2n) is 4.13. The summed E-state index contributed by atoms with van der Waals surface area (Å²) >= 11 is 3.20. The SMILES string of the molecule is CC(C)N(C)C(=O)Nc1ccc(Br)cc1C(=O)O. The molecule has 0 unspecified atom stereocenters. The van der Waals surface area contributed by atoms with Crippen LogP contribution >= 0.6 is 15.9 Å². The molecule has 18 heavy (non-hydrogen) atoms. The number of urea groups is 1. The summed E-state index contributed by atoms with van der Waals surface area (Å²) in [4.78, 5) is 24.4. The third-order valence-corrected chi connectivity index (χ3v) is 3.04. The van der Waals surface area contributed by atoms with Crippen molar-refractivity contribution in [3.05, 3.63) is 28.2 Å². The van der Waals surface area contributed by atoms with E-state index in [-0.39, 0.29) is 23.3 Å². The number of nitrogens with zero attached hydrogens (tertiary/aromatic N) is 1. The smallest absolute Gasteiger partial charge is 0.337 e. The number of halogens is 1. The Morgan fingerprint density at radius 1 is 1.39 bits per heavy atom. The lowest BCUT2D eigenvalue weighted by Gasteiger charge is -2.22. The fourth-order valence-corrected chi connectivity index (χ4v) is 1.60. The first-order valence-corrected chi connectivity index (χ1v) is 6.19. The van der Waals surface area contributed by atoms with Gasteiger partial charge < -0.3 is 15.3 Å². The zero-order valence-electron chi connectivity index (χ0n) is 10.4. The number of nitrogens with one attached hydrogen (secondary N) is 1. The number of carbonyl (C=O) groups excluding carboxylic acids is 1. The first-order chi connectivity index (χ1) is 8.32. The van der Waals surface area contributed by atoms with Crippen LogP contribution in [0, 0.1) is 0 Å². The molecule has 0 saturated heterocycles. The number of benzene rings is 1. The van der Waals surface area contributed by atoms with Gasteiger partial charge in [-0.1, -0.05) is 15.9 Å². The minimum Gasteiger partial charge on any atom is -0.478 e. The molecule has 0 radical (unpaired) electrons. The van der Waals surface area contributed by atoms with Crippen molar-refractivity contribution in [2.45, 2.75) is 19.9 Å². The average molecular weight is 315 g/mol. The van der Waals surface area contributed by atoms with Gasteiger partial charge in [0.05, 0.1) is 11.3 Å². The number of carboxylic acids is 1. The van der Waals surface area contributed by atoms with Crippen molar-refractivity contribution >= 4 is 33.6 Å². The van der Waals surface area contributed by atoms with Crippen LogP contribution in [-0.4, -0.2) is 35.1 Å². The van der Waals surface area contributed by atoms with Gasteiger partial charge >= 0.3 is 12.0 Å². The number of carboxylic acid groups (broad SMARTS) is 1. The predicted molar refractivity (Wildman–Crippen MR) is 73.0 cm³/mol. The highest BCUT2D eigenvalue weighted by Gasteiger charge is 2.16. The number of rotatable bonds is 3. The van der Waals surface area contributed by atoms with E-state index in [0.29, 0.717) is 4.47 Å². The molecule has 6 heteroatoms. The quantitative estimate of drug-likeness (QED) is 0.901. The Hall–Kier alpha value is -1.56. The summed E-state index contributed by atoms with van der Waals surface area (Å²) in [6, 6.07) is 4.38. The van der Waals surface area contributed by atoms with Gasteiger partial charge in [0.1, 0.15) is 0 Å². The van der Waals surface area contributed by atoms with Crippen LogP contribution in [0.1, 0.15) is 24.2 Å². The first-order valence-electron chi connectivity index (χ1n) is 5.39. The van der Waals surface area contributed by atoms with E-state index < -0.39 is 5.97 Å². The van der Waals surface area contributed by atoms with Crippen LogP contribution in [0.4, 0.5) is 10.5 Å². The summed E-state index contributed by atoms with van der Waals surface area (Å²) in [6.45, 7) is 3.75. The number of hydrogen-bond acceptors (Lipinski definition) is 2. The van der Waals surface area contributed by atoms with Crippen molar-refractivity contribution in [3.8, 4) is 0 Å². The molecule has 0 aliphatic carbocycles. The molecule has 5 nitrogen and oxygen atoms in total. The second-order valence-corrected chi connectivity index (χ2v) is 5.05. The number of amides is 2. The molecule has 0 aromatic heterocycles. The molecule has 0 spiro atoms. The Bertz CT molecular complexity index is 474. The number of carbonyl (C=O) groups is 2. The van der Waals surface area contributed by atoms with Crippen LogP contribution in [0.3, 0.4) is 0 Å². The molecule has 1 aromatic carbocycles. The Morgan fingerprint density at radius 2 is 2.00 bits per heavy atom. The van der Waals surface area contributed by atoms with Crippen LogP contribution < -0.4 is 5.32 Å². The fraction of sp³-hybridized carbons (Fsp3) is 0.333. The maximum atomic E-state index is 11.8. The minimum atomic E-state index is -1.08. The lowest BCUT2D eigenvalue weighted by atomic mass is 10.2. The van der Waals surface area contributed by atoms with Gasteiger partial charge in [0.25, 0.3) is 0 Å². The maximum absolute atomic E-state index is 11.8. The van der Waals surface area contributed by atoms with Crippen molar-refractivity contribution in [2.24, 2.45) is 0 Å². The van der Waals surface area contributed by atoms with E-state index in [1.54, 1.807) is 19.2 Å². The lowest BCUT2D eigenvalue weighted by molar-refractivity contribution is 0.0698. The van der Waals surface area contributed by atoms with Gasteiger partial charge in [-0.2, -0.15) is 0 Å². The Labute approximate surface area is 114 Å². The van der Waals surface area contributed by atoms with Gasteiger partial charge in [0.15, 0.2) is 0 Å². The molecule has 0 aliphatic rings. The van der Waals surface area contributed by atoms with Crippen LogP contribution in [0.5, 0.6) is 0 Å². The molecule has 2 amide bonds. The highest BCUT2D eigenvalue weighted by Crippen LogP contribution is 2.21. The number of anilines is 1. The second kappa shape index (κ2) is 5.86. The highest BCUT2D eigenvalue weighted by molar-refractivity contribution is 9.10. The standard InChI is InChI=1S/C12H15BrN2O3/c1-7(2)15(3)12(18)14-10-5-4-8(13)6-9(10)11(16)17/h4-7H,1-3H3,(H,14,18)(H,16,17). The van der Waals surface area contributed by atoms with Crippen molar-refractivity contribution in [1.82, 2.24) is 4.90 Å². The van der Waals surface area contributed by atoms with Gasteiger partial charge in [0.2, 0.25) is 0 Å². The van der Waals surface area contributed by atoms with Crippen LogP contribution in [0.2, 0.25) is 0 Å². The molecule has 0 aliphatic heterocycles. The van der Waals surface area contributed by atoms with Crippen molar-refractivity contribution in [3.63, 3.8) is 0 Å². The Balaban J connectivity index is 2.98. The highest BCUT2D eigenvalue weighted by atomic mass is 79.9. The van der Waals surface area contributed by atoms with E-state index in [1.165, 1.54) is 11.0 Å². The van der Waals surface area contributed by atoms with E-state index in [9.17, 15) is 9.59 Å². The zero-order valence-corrected chi connectivity index (χ0v) is 12.0. The molecule has 0 bridgehead atoms. The third kappa shape index (κ3) is 3.46. The molecule has 2 N–H and O–H groups in total. The monoisotopic (exact) mass is 314 g/mol. The van der Waals surface area contributed by atoms with Gasteiger partial charge in [-0.3, -0.25) is 0 Å². The molecule has 0 saturated carbocycles. The molecule has 1 aromatic rings. The van der Waals surface area contributed by atoms with Crippen molar-refractivity contribution in [2.75, 3.05) is 12.4 Å². The van der Waals surface area contributed by atoms with Gasteiger partial charge in [0, 0.05) is 17.6 Å². The molecule has 1 rings (SSSR count). The Morgan fingerprint density at radius 3 is 2.50 bits per heavy atom. The normalized spacial score (nSPS) is 10.3. The maximum Gasteiger partial charge on any atom is 0.337 e. The van der Waals surface area contributed by atoms with E-state index in [2.05, 4.69) is 21.2 Å². The molecule has 98 valence electrons. The molecular formula is C12H15BrN2O3. The molecule has 0 fully saturated rings. The minimum absolute atomic E-state index is 0.0359. The largest absolute Gasteiger partial charge is 0.478 e. The van der Waals surface area contributed by atoms with Crippen molar-refractivity contribution in [1.29, 1.82) is 0 Å². The van der Waals surface area contributed by atoms with Gasteiger partial charge in [-0.15, -0.1) is 0 Å². The Kier molecular flexibility index (Phi) is 4.72. The van der Waals surface area contributed by atoms with Crippen LogP contribution in [0.25, 0.3) is 0 Å². The summed E-state index contributed by atoms with van der Waals surface area (Å²) in [5.41, 5.74) is 0.332. The van der Waals surface area contributed by atoms with Crippen LogP contribution in [0.15, 0.2) is 22.7 Å². The van der Waals surface area contributed by atoms with Gasteiger partial charge in [-0.05, 0) is 32.0 Å². The van der Waals surface area contributed by atoms with E-state index in [0.717, 1.165) is 0 Å². The predicted octanol–water partition coefficient (Wildman–Crippen LogP) is 3.02. The average Bonchev–Trinajstić information content (AvgIpc) is 2.29. The number of hydrogen-bond donors (Lipinski definition) is 2. The molecular weight excluding hydrogens is 300 g/mol. The summed E-state index contributed by atoms with van der Waals surface area (Å²) < 4.78 is 0.648. The summed E-state index contributed by atoms with van der Waals surface area (Å²) in [6.07, 6.45) is 0. The molecule has 0 heterocycles. The summed E-state index contributed by atoms with van der Waals surface area (Å²) in [5.74, 6) is -1.08. The van der Waals surface area contributed by atoms with Crippen LogP contribution in [-0.2, 0) is 0 Å². The third-order valence-electron chi connectivity index (χ3n) is 2.55. The lowest BCUT2D eigenvalue weighted by Crippen LogP contribution is -2.36. The zero-order chi connectivity index (χ0) is 13.9. The summed E-state index contributed by atoms with van der Waals surface area (Å²) in [5, 5.41) is 11.7. The topological polar surface area (TPSA) is 69.6 Å².